The molecule has 5 aromatic rings. The Kier molecular flexibility index (Phi) is 17.7. The second-order valence-corrected chi connectivity index (χ2v) is 20.5. The lowest BCUT2D eigenvalue weighted by Crippen LogP contribution is -2.06. The molecule has 290 valence electrons. The molecule has 4 aromatic heterocycles. The Bertz CT molecular complexity index is 1740. The smallest absolute Gasteiger partial charge is 0.116 e. The Morgan fingerprint density at radius 2 is 0.943 bits per heavy atom. The molecule has 4 nitrogen and oxygen atoms in total. The van der Waals surface area contributed by atoms with Crippen molar-refractivity contribution in [2.45, 2.75) is 170 Å². The molecular weight excluding hydrogens is 841 g/mol. The molecule has 2 atom stereocenters. The predicted molar refractivity (Wildman–Crippen MR) is 242 cm³/mol. The zero-order valence-corrected chi connectivity index (χ0v) is 38.8. The van der Waals surface area contributed by atoms with Crippen molar-refractivity contribution in [2.24, 2.45) is 11.8 Å². The molecule has 4 heterocycles. The summed E-state index contributed by atoms with van der Waals surface area (Å²) in [7, 11) is 0. The van der Waals surface area contributed by atoms with E-state index in [1.54, 1.807) is 0 Å². The molecule has 2 unspecified atom stereocenters. The number of hydrogen-bond acceptors (Lipinski definition) is 7. The molecule has 53 heavy (non-hydrogen) atoms. The SMILES string of the molecule is CCCCCCc1nc2c(-c3cc(CC(CC)CCCC)c(Br)s3)c3nsnc3c(-c3cc(CC(CC)CCCC)c(Br)s3)c2nc1CCCCCC. The molecule has 0 saturated carbocycles. The molecule has 0 aliphatic rings. The van der Waals surface area contributed by atoms with Gasteiger partial charge in [0.1, 0.15) is 22.1 Å². The van der Waals surface area contributed by atoms with Gasteiger partial charge in [-0.25, -0.2) is 9.97 Å². The maximum absolute atomic E-state index is 5.70. The predicted octanol–water partition coefficient (Wildman–Crippen LogP) is 16.4. The number of aryl methyl sites for hydroxylation is 2. The summed E-state index contributed by atoms with van der Waals surface area (Å²) in [4.78, 5) is 13.9. The van der Waals surface area contributed by atoms with E-state index in [1.165, 1.54) is 141 Å². The highest BCUT2D eigenvalue weighted by Crippen LogP contribution is 2.48. The first-order valence-corrected chi connectivity index (χ1v) is 24.9. The molecule has 5 rings (SSSR count). The maximum Gasteiger partial charge on any atom is 0.116 e. The maximum atomic E-state index is 5.70. The van der Waals surface area contributed by atoms with E-state index in [0.717, 1.165) is 71.7 Å². The van der Waals surface area contributed by atoms with Crippen molar-refractivity contribution in [3.8, 4) is 20.9 Å². The summed E-state index contributed by atoms with van der Waals surface area (Å²) >= 11 is 13.0. The van der Waals surface area contributed by atoms with Crippen molar-refractivity contribution in [3.05, 3.63) is 42.2 Å². The van der Waals surface area contributed by atoms with E-state index in [9.17, 15) is 0 Å². The summed E-state index contributed by atoms with van der Waals surface area (Å²) in [5.74, 6) is 1.39. The van der Waals surface area contributed by atoms with Crippen LogP contribution in [-0.4, -0.2) is 18.7 Å². The molecule has 0 saturated heterocycles. The van der Waals surface area contributed by atoms with Gasteiger partial charge in [0.2, 0.25) is 0 Å². The molecular formula is C44H62Br2N4S3. The van der Waals surface area contributed by atoms with Crippen LogP contribution in [0.25, 0.3) is 42.9 Å². The van der Waals surface area contributed by atoms with Gasteiger partial charge in [0.25, 0.3) is 0 Å². The van der Waals surface area contributed by atoms with Gasteiger partial charge >= 0.3 is 0 Å². The summed E-state index contributed by atoms with van der Waals surface area (Å²) in [5, 5.41) is 0. The Morgan fingerprint density at radius 1 is 0.528 bits per heavy atom. The van der Waals surface area contributed by atoms with Gasteiger partial charge in [-0.15, -0.1) is 22.7 Å². The van der Waals surface area contributed by atoms with Crippen LogP contribution in [0.2, 0.25) is 0 Å². The number of aromatic nitrogens is 4. The lowest BCUT2D eigenvalue weighted by molar-refractivity contribution is 0.449. The number of halogens is 2. The Morgan fingerprint density at radius 3 is 1.32 bits per heavy atom. The Hall–Kier alpha value is -1.26. The lowest BCUT2D eigenvalue weighted by Gasteiger charge is -2.15. The highest BCUT2D eigenvalue weighted by Gasteiger charge is 2.27. The summed E-state index contributed by atoms with van der Waals surface area (Å²) < 4.78 is 12.6. The normalized spacial score (nSPS) is 13.1. The number of unbranched alkanes of at least 4 members (excludes halogenated alkanes) is 8. The molecule has 0 radical (unpaired) electrons. The van der Waals surface area contributed by atoms with Crippen LogP contribution < -0.4 is 0 Å². The van der Waals surface area contributed by atoms with Crippen molar-refractivity contribution in [3.63, 3.8) is 0 Å². The Balaban J connectivity index is 1.72. The van der Waals surface area contributed by atoms with E-state index in [-0.39, 0.29) is 0 Å². The number of benzene rings is 1. The van der Waals surface area contributed by atoms with E-state index in [2.05, 4.69) is 85.5 Å². The van der Waals surface area contributed by atoms with Crippen LogP contribution in [-0.2, 0) is 25.7 Å². The third-order valence-corrected chi connectivity index (χ3v) is 15.6. The van der Waals surface area contributed by atoms with Crippen molar-refractivity contribution in [1.82, 2.24) is 18.7 Å². The number of thiophene rings is 2. The lowest BCUT2D eigenvalue weighted by atomic mass is 9.92. The summed E-state index contributed by atoms with van der Waals surface area (Å²) in [6.45, 7) is 13.9. The quantitative estimate of drug-likeness (QED) is 0.0579. The van der Waals surface area contributed by atoms with Gasteiger partial charge < -0.3 is 0 Å². The van der Waals surface area contributed by atoms with E-state index < -0.39 is 0 Å². The van der Waals surface area contributed by atoms with E-state index in [0.29, 0.717) is 11.8 Å². The zero-order chi connectivity index (χ0) is 37.7. The van der Waals surface area contributed by atoms with Gasteiger partial charge in [0.05, 0.1) is 30.7 Å². The second kappa shape index (κ2) is 21.9. The van der Waals surface area contributed by atoms with Gasteiger partial charge in [0.15, 0.2) is 0 Å². The van der Waals surface area contributed by atoms with E-state index in [4.69, 9.17) is 18.7 Å². The van der Waals surface area contributed by atoms with Crippen molar-refractivity contribution < 1.29 is 0 Å². The monoisotopic (exact) mass is 900 g/mol. The third-order valence-electron chi connectivity index (χ3n) is 11.1. The van der Waals surface area contributed by atoms with Gasteiger partial charge in [0, 0.05) is 20.9 Å². The first-order chi connectivity index (χ1) is 25.9. The van der Waals surface area contributed by atoms with Crippen LogP contribution in [0.4, 0.5) is 0 Å². The number of fused-ring (bicyclic) bond motifs is 2. The van der Waals surface area contributed by atoms with Crippen molar-refractivity contribution in [2.75, 3.05) is 0 Å². The number of hydrogen-bond donors (Lipinski definition) is 0. The van der Waals surface area contributed by atoms with Crippen molar-refractivity contribution in [1.29, 1.82) is 0 Å². The minimum absolute atomic E-state index is 0.694. The van der Waals surface area contributed by atoms with Crippen LogP contribution in [0.15, 0.2) is 19.7 Å². The first kappa shape index (κ1) is 42.9. The van der Waals surface area contributed by atoms with E-state index >= 15 is 0 Å². The molecule has 0 spiro atoms. The highest BCUT2D eigenvalue weighted by molar-refractivity contribution is 9.11. The average molecular weight is 903 g/mol. The number of rotatable bonds is 24. The van der Waals surface area contributed by atoms with Crippen LogP contribution in [0.1, 0.15) is 167 Å². The summed E-state index contributed by atoms with van der Waals surface area (Å²) in [6.07, 6.45) is 24.0. The first-order valence-electron chi connectivity index (χ1n) is 20.9. The van der Waals surface area contributed by atoms with Crippen LogP contribution in [0, 0.1) is 11.8 Å². The molecule has 0 aliphatic carbocycles. The average Bonchev–Trinajstić information content (AvgIpc) is 3.89. The Labute approximate surface area is 349 Å². The standard InChI is InChI=1S/C44H62Br2N4S3/c1-7-13-17-19-23-33-34(24-20-18-14-8-2)48-40-38(36-28-32(44(46)52-36)26-30(12-6)22-16-10-4)42-41(49-53-50-42)37(39(40)47-33)35-27-31(43(45)51-35)25-29(11-5)21-15-9-3/h27-30H,7-26H2,1-6H3. The fourth-order valence-electron chi connectivity index (χ4n) is 7.75. The molecule has 0 bridgehead atoms. The highest BCUT2D eigenvalue weighted by atomic mass is 79.9. The van der Waals surface area contributed by atoms with Crippen LogP contribution in [0.3, 0.4) is 0 Å². The van der Waals surface area contributed by atoms with Gasteiger partial charge in [-0.2, -0.15) is 8.75 Å². The topological polar surface area (TPSA) is 51.6 Å². The molecule has 0 N–H and O–H groups in total. The molecule has 0 amide bonds. The van der Waals surface area contributed by atoms with Gasteiger partial charge in [-0.1, -0.05) is 131 Å². The molecule has 0 fully saturated rings. The van der Waals surface area contributed by atoms with E-state index in [1.807, 2.05) is 22.7 Å². The fraction of sp³-hybridized carbons (Fsp3) is 0.636. The van der Waals surface area contributed by atoms with Gasteiger partial charge in [-0.05, 0) is 105 Å². The largest absolute Gasteiger partial charge is 0.248 e. The zero-order valence-electron chi connectivity index (χ0n) is 33.2. The minimum atomic E-state index is 0.694. The van der Waals surface area contributed by atoms with Crippen molar-refractivity contribution >= 4 is 88.3 Å². The minimum Gasteiger partial charge on any atom is -0.248 e. The third kappa shape index (κ3) is 11.0. The molecule has 1 aromatic carbocycles. The number of nitrogens with zero attached hydrogens (tertiary/aromatic N) is 4. The summed E-state index contributed by atoms with van der Waals surface area (Å²) in [5.41, 5.74) is 11.4. The summed E-state index contributed by atoms with van der Waals surface area (Å²) in [6, 6.07) is 4.86. The fourth-order valence-corrected chi connectivity index (χ4v) is 11.8. The van der Waals surface area contributed by atoms with Gasteiger partial charge in [-0.3, -0.25) is 0 Å². The van der Waals surface area contributed by atoms with Crippen LogP contribution >= 0.6 is 66.3 Å². The van der Waals surface area contributed by atoms with Crippen LogP contribution in [0.5, 0.6) is 0 Å². The molecule has 9 heteroatoms. The second-order valence-electron chi connectivity index (χ2n) is 15.2. The molecule has 0 aliphatic heterocycles.